The zero-order valence-corrected chi connectivity index (χ0v) is 13.7. The Morgan fingerprint density at radius 1 is 1.27 bits per heavy atom. The van der Waals surface area contributed by atoms with Crippen molar-refractivity contribution in [1.82, 2.24) is 14.9 Å². The Hall–Kier alpha value is -1.66. The van der Waals surface area contributed by atoms with Crippen LogP contribution < -0.4 is 4.90 Å². The lowest BCUT2D eigenvalue weighted by atomic mass is 10.2. The van der Waals surface area contributed by atoms with Crippen molar-refractivity contribution in [1.29, 1.82) is 0 Å². The number of carbonyl (C=O) groups excluding carboxylic acids is 1. The molecule has 1 fully saturated rings. The standard InChI is InChI=1S/C15H17ClN4OS/c16-12-2-1-3-13(18-12)19-7-9-20(10-8-19)15(21)5-4-14-17-6-11-22-14/h1-3,6,11H,4-5,7-10H2. The Bertz CT molecular complexity index is 626. The van der Waals surface area contributed by atoms with Crippen LogP contribution in [0.1, 0.15) is 11.4 Å². The van der Waals surface area contributed by atoms with Gasteiger partial charge in [-0.15, -0.1) is 11.3 Å². The lowest BCUT2D eigenvalue weighted by molar-refractivity contribution is -0.131. The molecule has 2 aromatic rings. The molecule has 2 aromatic heterocycles. The number of rotatable bonds is 4. The maximum atomic E-state index is 12.2. The van der Waals surface area contributed by atoms with Crippen LogP contribution in [0.3, 0.4) is 0 Å². The molecular weight excluding hydrogens is 320 g/mol. The lowest BCUT2D eigenvalue weighted by Crippen LogP contribution is -2.49. The van der Waals surface area contributed by atoms with Crippen LogP contribution in [0.25, 0.3) is 0 Å². The Labute approximate surface area is 138 Å². The monoisotopic (exact) mass is 336 g/mol. The van der Waals surface area contributed by atoms with Crippen LogP contribution in [0.15, 0.2) is 29.8 Å². The van der Waals surface area contributed by atoms with Crippen LogP contribution in [0.5, 0.6) is 0 Å². The molecule has 1 saturated heterocycles. The largest absolute Gasteiger partial charge is 0.353 e. The van der Waals surface area contributed by atoms with Crippen LogP contribution in [0.4, 0.5) is 5.82 Å². The second kappa shape index (κ2) is 7.07. The Kier molecular flexibility index (Phi) is 4.90. The molecule has 5 nitrogen and oxygen atoms in total. The first kappa shape index (κ1) is 15.2. The predicted molar refractivity (Wildman–Crippen MR) is 88.5 cm³/mol. The van der Waals surface area contributed by atoms with Gasteiger partial charge in [0.1, 0.15) is 11.0 Å². The van der Waals surface area contributed by atoms with Crippen molar-refractivity contribution in [2.45, 2.75) is 12.8 Å². The zero-order valence-electron chi connectivity index (χ0n) is 12.1. The Morgan fingerprint density at radius 3 is 2.77 bits per heavy atom. The first-order chi connectivity index (χ1) is 10.7. The summed E-state index contributed by atoms with van der Waals surface area (Å²) in [6.07, 6.45) is 3.04. The predicted octanol–water partition coefficient (Wildman–Crippen LogP) is 2.47. The highest BCUT2D eigenvalue weighted by atomic mass is 35.5. The molecule has 1 aliphatic rings. The fraction of sp³-hybridized carbons (Fsp3) is 0.400. The molecule has 3 heterocycles. The number of halogens is 1. The number of hydrogen-bond donors (Lipinski definition) is 0. The van der Waals surface area contributed by atoms with Gasteiger partial charge in [-0.05, 0) is 12.1 Å². The number of nitrogens with zero attached hydrogens (tertiary/aromatic N) is 4. The molecule has 0 atom stereocenters. The number of carbonyl (C=O) groups is 1. The third kappa shape index (κ3) is 3.75. The van der Waals surface area contributed by atoms with Gasteiger partial charge in [-0.1, -0.05) is 17.7 Å². The number of amides is 1. The molecule has 0 aliphatic carbocycles. The van der Waals surface area contributed by atoms with E-state index in [9.17, 15) is 4.79 Å². The molecular formula is C15H17ClN4OS. The van der Waals surface area contributed by atoms with Gasteiger partial charge in [0.25, 0.3) is 0 Å². The van der Waals surface area contributed by atoms with Gasteiger partial charge >= 0.3 is 0 Å². The van der Waals surface area contributed by atoms with Crippen molar-refractivity contribution in [3.8, 4) is 0 Å². The van der Waals surface area contributed by atoms with Crippen molar-refractivity contribution < 1.29 is 4.79 Å². The van der Waals surface area contributed by atoms with Gasteiger partial charge in [0.15, 0.2) is 0 Å². The van der Waals surface area contributed by atoms with E-state index in [4.69, 9.17) is 11.6 Å². The van der Waals surface area contributed by atoms with Crippen molar-refractivity contribution in [2.75, 3.05) is 31.1 Å². The minimum atomic E-state index is 0.203. The summed E-state index contributed by atoms with van der Waals surface area (Å²) in [5, 5.41) is 3.46. The minimum absolute atomic E-state index is 0.203. The van der Waals surface area contributed by atoms with E-state index >= 15 is 0 Å². The van der Waals surface area contributed by atoms with Crippen LogP contribution in [0, 0.1) is 0 Å². The highest BCUT2D eigenvalue weighted by Crippen LogP contribution is 2.17. The molecule has 0 unspecified atom stereocenters. The summed E-state index contributed by atoms with van der Waals surface area (Å²) in [5.74, 6) is 1.08. The third-order valence-corrected chi connectivity index (χ3v) is 4.74. The molecule has 0 bridgehead atoms. The minimum Gasteiger partial charge on any atom is -0.353 e. The van der Waals surface area contributed by atoms with Crippen molar-refractivity contribution >= 4 is 34.7 Å². The molecule has 7 heteroatoms. The lowest BCUT2D eigenvalue weighted by Gasteiger charge is -2.35. The van der Waals surface area contributed by atoms with E-state index < -0.39 is 0 Å². The van der Waals surface area contributed by atoms with Crippen LogP contribution in [0.2, 0.25) is 5.15 Å². The average molecular weight is 337 g/mol. The summed E-state index contributed by atoms with van der Waals surface area (Å²) >= 11 is 7.53. The summed E-state index contributed by atoms with van der Waals surface area (Å²) in [6, 6.07) is 5.62. The van der Waals surface area contributed by atoms with E-state index in [0.717, 1.165) is 43.4 Å². The van der Waals surface area contributed by atoms with Crippen LogP contribution in [-0.4, -0.2) is 47.0 Å². The fourth-order valence-electron chi connectivity index (χ4n) is 2.51. The molecule has 0 N–H and O–H groups in total. The second-order valence-electron chi connectivity index (χ2n) is 5.11. The number of anilines is 1. The average Bonchev–Trinajstić information content (AvgIpc) is 3.06. The molecule has 0 aromatic carbocycles. The first-order valence-electron chi connectivity index (χ1n) is 7.26. The van der Waals surface area contributed by atoms with E-state index in [0.29, 0.717) is 11.6 Å². The Balaban J connectivity index is 1.49. The van der Waals surface area contributed by atoms with Gasteiger partial charge in [0.05, 0.1) is 5.01 Å². The van der Waals surface area contributed by atoms with Gasteiger partial charge in [-0.3, -0.25) is 4.79 Å². The fourth-order valence-corrected chi connectivity index (χ4v) is 3.29. The van der Waals surface area contributed by atoms with E-state index in [1.165, 1.54) is 0 Å². The number of aromatic nitrogens is 2. The maximum absolute atomic E-state index is 12.2. The van der Waals surface area contributed by atoms with Gasteiger partial charge in [0.2, 0.25) is 5.91 Å². The second-order valence-corrected chi connectivity index (χ2v) is 6.48. The van der Waals surface area contributed by atoms with Gasteiger partial charge in [0, 0.05) is 50.6 Å². The normalized spacial score (nSPS) is 15.1. The van der Waals surface area contributed by atoms with E-state index in [-0.39, 0.29) is 5.91 Å². The molecule has 0 saturated carbocycles. The van der Waals surface area contributed by atoms with Crippen molar-refractivity contribution in [2.24, 2.45) is 0 Å². The smallest absolute Gasteiger partial charge is 0.223 e. The van der Waals surface area contributed by atoms with Crippen molar-refractivity contribution in [3.63, 3.8) is 0 Å². The number of pyridine rings is 1. The molecule has 116 valence electrons. The topological polar surface area (TPSA) is 49.3 Å². The molecule has 0 spiro atoms. The van der Waals surface area contributed by atoms with Crippen LogP contribution >= 0.6 is 22.9 Å². The quantitative estimate of drug-likeness (QED) is 0.805. The molecule has 0 radical (unpaired) electrons. The Morgan fingerprint density at radius 2 is 2.09 bits per heavy atom. The summed E-state index contributed by atoms with van der Waals surface area (Å²) < 4.78 is 0. The highest BCUT2D eigenvalue weighted by Gasteiger charge is 2.21. The van der Waals surface area contributed by atoms with Gasteiger partial charge < -0.3 is 9.80 Å². The zero-order chi connectivity index (χ0) is 15.4. The summed E-state index contributed by atoms with van der Waals surface area (Å²) in [7, 11) is 0. The maximum Gasteiger partial charge on any atom is 0.223 e. The van der Waals surface area contributed by atoms with E-state index in [2.05, 4.69) is 14.9 Å². The molecule has 1 aliphatic heterocycles. The molecule has 1 amide bonds. The SMILES string of the molecule is O=C(CCc1nccs1)N1CCN(c2cccc(Cl)n2)CC1. The van der Waals surface area contributed by atoms with Gasteiger partial charge in [-0.25, -0.2) is 9.97 Å². The number of hydrogen-bond acceptors (Lipinski definition) is 5. The summed E-state index contributed by atoms with van der Waals surface area (Å²) in [4.78, 5) is 24.9. The van der Waals surface area contributed by atoms with Crippen molar-refractivity contribution in [3.05, 3.63) is 39.9 Å². The first-order valence-corrected chi connectivity index (χ1v) is 8.52. The molecule has 22 heavy (non-hydrogen) atoms. The summed E-state index contributed by atoms with van der Waals surface area (Å²) in [5.41, 5.74) is 0. The number of aryl methyl sites for hydroxylation is 1. The summed E-state index contributed by atoms with van der Waals surface area (Å²) in [6.45, 7) is 3.03. The highest BCUT2D eigenvalue weighted by molar-refractivity contribution is 7.09. The van der Waals surface area contributed by atoms with Gasteiger partial charge in [-0.2, -0.15) is 0 Å². The van der Waals surface area contributed by atoms with E-state index in [1.807, 2.05) is 22.4 Å². The molecule has 3 rings (SSSR count). The number of piperazine rings is 1. The van der Waals surface area contributed by atoms with E-state index in [1.54, 1.807) is 23.6 Å². The number of thiazole rings is 1. The van der Waals surface area contributed by atoms with Crippen LogP contribution in [-0.2, 0) is 11.2 Å². The third-order valence-electron chi connectivity index (χ3n) is 3.69.